The van der Waals surface area contributed by atoms with E-state index in [1.807, 2.05) is 74.4 Å². The van der Waals surface area contributed by atoms with Crippen LogP contribution in [-0.2, 0) is 22.7 Å². The van der Waals surface area contributed by atoms with Crippen LogP contribution >= 0.6 is 0 Å². The molecule has 7 heteroatoms. The lowest BCUT2D eigenvalue weighted by molar-refractivity contribution is -0.135. The molecule has 0 radical (unpaired) electrons. The van der Waals surface area contributed by atoms with Crippen LogP contribution in [0.4, 0.5) is 4.79 Å². The van der Waals surface area contributed by atoms with Crippen LogP contribution in [0.5, 0.6) is 5.75 Å². The van der Waals surface area contributed by atoms with Gasteiger partial charge in [0.05, 0.1) is 7.11 Å². The van der Waals surface area contributed by atoms with E-state index in [0.717, 1.165) is 22.4 Å². The number of hydrogen-bond acceptors (Lipinski definition) is 5. The van der Waals surface area contributed by atoms with E-state index in [0.29, 0.717) is 32.5 Å². The summed E-state index contributed by atoms with van der Waals surface area (Å²) in [6, 6.07) is 15.5. The number of methoxy groups -OCH3 is 1. The van der Waals surface area contributed by atoms with Crippen molar-refractivity contribution in [2.45, 2.75) is 38.5 Å². The summed E-state index contributed by atoms with van der Waals surface area (Å²) >= 11 is 0. The van der Waals surface area contributed by atoms with Crippen LogP contribution in [-0.4, -0.2) is 61.6 Å². The SMILES string of the molecule is COc1ccc(CNC(=O)C2(N(C)C)CCN(C(=O)OCc3ccccc3)CC2)c(C)c1. The average Bonchev–Trinajstić information content (AvgIpc) is 2.82. The lowest BCUT2D eigenvalue weighted by Gasteiger charge is -2.44. The Kier molecular flexibility index (Phi) is 7.75. The van der Waals surface area contributed by atoms with Gasteiger partial charge in [-0.25, -0.2) is 4.79 Å². The van der Waals surface area contributed by atoms with E-state index in [1.165, 1.54) is 0 Å². The highest BCUT2D eigenvalue weighted by molar-refractivity contribution is 5.86. The topological polar surface area (TPSA) is 71.1 Å². The number of piperidine rings is 1. The van der Waals surface area contributed by atoms with Crippen molar-refractivity contribution in [2.24, 2.45) is 0 Å². The number of nitrogens with one attached hydrogen (secondary N) is 1. The molecule has 2 amide bonds. The standard InChI is InChI=1S/C25H33N3O4/c1-19-16-22(31-4)11-10-21(19)17-26-23(29)25(27(2)3)12-14-28(15-13-25)24(30)32-18-20-8-6-5-7-9-20/h5-11,16H,12-15,17-18H2,1-4H3,(H,26,29). The predicted octanol–water partition coefficient (Wildman–Crippen LogP) is 3.35. The maximum Gasteiger partial charge on any atom is 0.410 e. The molecular formula is C25H33N3O4. The Morgan fingerprint density at radius 1 is 1.09 bits per heavy atom. The molecule has 0 aromatic heterocycles. The second-order valence-electron chi connectivity index (χ2n) is 8.43. The van der Waals surface area contributed by atoms with Gasteiger partial charge in [0.1, 0.15) is 17.9 Å². The number of nitrogens with zero attached hydrogens (tertiary/aromatic N) is 2. The van der Waals surface area contributed by atoms with Gasteiger partial charge < -0.3 is 19.7 Å². The molecule has 1 saturated heterocycles. The van der Waals surface area contributed by atoms with Crippen LogP contribution in [0.1, 0.15) is 29.5 Å². The molecule has 7 nitrogen and oxygen atoms in total. The maximum atomic E-state index is 13.2. The van der Waals surface area contributed by atoms with Gasteiger partial charge in [-0.05, 0) is 62.7 Å². The fourth-order valence-corrected chi connectivity index (χ4v) is 4.08. The molecule has 0 saturated carbocycles. The molecule has 0 atom stereocenters. The van der Waals surface area contributed by atoms with Crippen LogP contribution < -0.4 is 10.1 Å². The zero-order chi connectivity index (χ0) is 23.1. The summed E-state index contributed by atoms with van der Waals surface area (Å²) in [6.07, 6.45) is 0.761. The van der Waals surface area contributed by atoms with Crippen LogP contribution in [0.15, 0.2) is 48.5 Å². The third-order valence-electron chi connectivity index (χ3n) is 6.32. The van der Waals surface area contributed by atoms with E-state index >= 15 is 0 Å². The monoisotopic (exact) mass is 439 g/mol. The molecule has 1 fully saturated rings. The fourth-order valence-electron chi connectivity index (χ4n) is 4.08. The van der Waals surface area contributed by atoms with E-state index in [2.05, 4.69) is 5.32 Å². The highest BCUT2D eigenvalue weighted by atomic mass is 16.6. The summed E-state index contributed by atoms with van der Waals surface area (Å²) in [6.45, 7) is 3.65. The van der Waals surface area contributed by atoms with E-state index in [-0.39, 0.29) is 18.6 Å². The van der Waals surface area contributed by atoms with Crippen molar-refractivity contribution >= 4 is 12.0 Å². The van der Waals surface area contributed by atoms with Gasteiger partial charge in [0, 0.05) is 19.6 Å². The Balaban J connectivity index is 1.56. The largest absolute Gasteiger partial charge is 0.497 e. The first kappa shape index (κ1) is 23.6. The Morgan fingerprint density at radius 3 is 2.38 bits per heavy atom. The van der Waals surface area contributed by atoms with Crippen molar-refractivity contribution in [3.8, 4) is 5.75 Å². The zero-order valence-corrected chi connectivity index (χ0v) is 19.4. The van der Waals surface area contributed by atoms with Gasteiger partial charge >= 0.3 is 6.09 Å². The molecule has 1 N–H and O–H groups in total. The number of benzene rings is 2. The molecule has 0 aliphatic carbocycles. The van der Waals surface area contributed by atoms with Crippen molar-refractivity contribution in [3.63, 3.8) is 0 Å². The number of aryl methyl sites for hydroxylation is 1. The Labute approximate surface area is 190 Å². The van der Waals surface area contributed by atoms with Gasteiger partial charge in [-0.1, -0.05) is 36.4 Å². The Bertz CT molecular complexity index is 922. The minimum absolute atomic E-state index is 0.0185. The van der Waals surface area contributed by atoms with Crippen LogP contribution in [0, 0.1) is 6.92 Å². The molecule has 1 aliphatic heterocycles. The summed E-state index contributed by atoms with van der Waals surface area (Å²) < 4.78 is 10.7. The molecule has 0 bridgehead atoms. The minimum atomic E-state index is -0.656. The quantitative estimate of drug-likeness (QED) is 0.716. The summed E-state index contributed by atoms with van der Waals surface area (Å²) in [5.74, 6) is 0.781. The molecule has 172 valence electrons. The summed E-state index contributed by atoms with van der Waals surface area (Å²) in [5.41, 5.74) is 2.42. The van der Waals surface area contributed by atoms with Crippen molar-refractivity contribution in [2.75, 3.05) is 34.3 Å². The molecule has 2 aromatic carbocycles. The molecule has 2 aromatic rings. The fraction of sp³-hybridized carbons (Fsp3) is 0.440. The third-order valence-corrected chi connectivity index (χ3v) is 6.32. The molecular weight excluding hydrogens is 406 g/mol. The number of likely N-dealkylation sites (N-methyl/N-ethyl adjacent to an activating group) is 1. The predicted molar refractivity (Wildman–Crippen MR) is 123 cm³/mol. The van der Waals surface area contributed by atoms with Crippen LogP contribution in [0.3, 0.4) is 0 Å². The first-order chi connectivity index (χ1) is 15.4. The minimum Gasteiger partial charge on any atom is -0.497 e. The normalized spacial score (nSPS) is 15.3. The van der Waals surface area contributed by atoms with Gasteiger partial charge in [0.25, 0.3) is 0 Å². The maximum absolute atomic E-state index is 13.2. The van der Waals surface area contributed by atoms with Gasteiger partial charge in [0.2, 0.25) is 5.91 Å². The molecule has 1 heterocycles. The van der Waals surface area contributed by atoms with E-state index in [1.54, 1.807) is 12.0 Å². The lowest BCUT2D eigenvalue weighted by atomic mass is 9.85. The molecule has 1 aliphatic rings. The van der Waals surface area contributed by atoms with Crippen molar-refractivity contribution in [3.05, 3.63) is 65.2 Å². The summed E-state index contributed by atoms with van der Waals surface area (Å²) in [5, 5.41) is 3.10. The van der Waals surface area contributed by atoms with Crippen molar-refractivity contribution < 1.29 is 19.1 Å². The smallest absolute Gasteiger partial charge is 0.410 e. The van der Waals surface area contributed by atoms with Crippen molar-refractivity contribution in [1.29, 1.82) is 0 Å². The van der Waals surface area contributed by atoms with Gasteiger partial charge in [0.15, 0.2) is 0 Å². The molecule has 32 heavy (non-hydrogen) atoms. The van der Waals surface area contributed by atoms with Gasteiger partial charge in [-0.3, -0.25) is 9.69 Å². The van der Waals surface area contributed by atoms with E-state index in [9.17, 15) is 9.59 Å². The Hall–Kier alpha value is -3.06. The second-order valence-corrected chi connectivity index (χ2v) is 8.43. The van der Waals surface area contributed by atoms with Gasteiger partial charge in [-0.15, -0.1) is 0 Å². The number of carbonyl (C=O) groups excluding carboxylic acids is 2. The zero-order valence-electron chi connectivity index (χ0n) is 19.4. The number of hydrogen-bond donors (Lipinski definition) is 1. The van der Waals surface area contributed by atoms with Gasteiger partial charge in [-0.2, -0.15) is 0 Å². The second kappa shape index (κ2) is 10.5. The van der Waals surface area contributed by atoms with E-state index < -0.39 is 5.54 Å². The first-order valence-electron chi connectivity index (χ1n) is 10.9. The summed E-state index contributed by atoms with van der Waals surface area (Å²) in [4.78, 5) is 29.4. The number of carbonyl (C=O) groups is 2. The summed E-state index contributed by atoms with van der Waals surface area (Å²) in [7, 11) is 5.48. The molecule has 3 rings (SSSR count). The number of amides is 2. The lowest BCUT2D eigenvalue weighted by Crippen LogP contribution is -2.61. The van der Waals surface area contributed by atoms with Crippen LogP contribution in [0.2, 0.25) is 0 Å². The van der Waals surface area contributed by atoms with Crippen molar-refractivity contribution in [1.82, 2.24) is 15.1 Å². The van der Waals surface area contributed by atoms with Crippen LogP contribution in [0.25, 0.3) is 0 Å². The highest BCUT2D eigenvalue weighted by Gasteiger charge is 2.44. The number of likely N-dealkylation sites (tertiary alicyclic amines) is 1. The highest BCUT2D eigenvalue weighted by Crippen LogP contribution is 2.28. The van der Waals surface area contributed by atoms with E-state index in [4.69, 9.17) is 9.47 Å². The molecule has 0 unspecified atom stereocenters. The number of rotatable bonds is 7. The molecule has 0 spiro atoms. The average molecular weight is 440 g/mol. The first-order valence-corrected chi connectivity index (χ1v) is 10.9. The Morgan fingerprint density at radius 2 is 1.78 bits per heavy atom. The third kappa shape index (κ3) is 5.40. The number of ether oxygens (including phenoxy) is 2.